The van der Waals surface area contributed by atoms with Gasteiger partial charge in [-0.15, -0.1) is 11.3 Å². The number of hydrogen-bond donors (Lipinski definition) is 0. The fourth-order valence-electron chi connectivity index (χ4n) is 3.90. The first kappa shape index (κ1) is 22.2. The van der Waals surface area contributed by atoms with Crippen LogP contribution in [0.25, 0.3) is 11.6 Å². The summed E-state index contributed by atoms with van der Waals surface area (Å²) in [7, 11) is 0. The zero-order valence-electron chi connectivity index (χ0n) is 19.2. The van der Waals surface area contributed by atoms with E-state index in [9.17, 15) is 4.79 Å². The highest BCUT2D eigenvalue weighted by molar-refractivity contribution is 7.11. The molecule has 0 bridgehead atoms. The molecule has 0 saturated carbocycles. The van der Waals surface area contributed by atoms with Crippen LogP contribution < -0.4 is 4.90 Å². The molecule has 4 rings (SSSR count). The number of anilines is 1. The average Bonchev–Trinajstić information content (AvgIpc) is 3.31. The molecule has 0 spiro atoms. The smallest absolute Gasteiger partial charge is 0.255 e. The molecule has 5 nitrogen and oxygen atoms in total. The third-order valence-corrected chi connectivity index (χ3v) is 6.54. The van der Waals surface area contributed by atoms with Gasteiger partial charge < -0.3 is 9.80 Å². The van der Waals surface area contributed by atoms with Crippen LogP contribution in [0.5, 0.6) is 0 Å². The van der Waals surface area contributed by atoms with Gasteiger partial charge in [0.15, 0.2) is 0 Å². The Morgan fingerprint density at radius 1 is 1.03 bits per heavy atom. The number of benzene rings is 1. The van der Waals surface area contributed by atoms with Crippen molar-refractivity contribution < 1.29 is 4.79 Å². The highest BCUT2D eigenvalue weighted by Crippen LogP contribution is 2.27. The number of rotatable bonds is 5. The van der Waals surface area contributed by atoms with E-state index < -0.39 is 0 Å². The summed E-state index contributed by atoms with van der Waals surface area (Å²) < 4.78 is 0. The second-order valence-electron chi connectivity index (χ2n) is 8.61. The van der Waals surface area contributed by atoms with Crippen molar-refractivity contribution in [2.45, 2.75) is 33.6 Å². The molecule has 0 N–H and O–H groups in total. The molecule has 1 aromatic carbocycles. The van der Waals surface area contributed by atoms with Crippen LogP contribution in [0.3, 0.4) is 0 Å². The van der Waals surface area contributed by atoms with E-state index in [2.05, 4.69) is 48.9 Å². The lowest BCUT2D eigenvalue weighted by molar-refractivity contribution is -0.125. The fourth-order valence-corrected chi connectivity index (χ4v) is 4.63. The van der Waals surface area contributed by atoms with E-state index in [1.54, 1.807) is 11.3 Å². The fraction of sp³-hybridized carbons (Fsp3) is 0.346. The molecule has 32 heavy (non-hydrogen) atoms. The lowest BCUT2D eigenvalue weighted by Gasteiger charge is -2.36. The highest BCUT2D eigenvalue weighted by Gasteiger charge is 2.26. The number of aromatic nitrogens is 2. The molecule has 1 fully saturated rings. The van der Waals surface area contributed by atoms with Crippen molar-refractivity contribution in [1.82, 2.24) is 14.9 Å². The molecule has 1 aliphatic rings. The monoisotopic (exact) mass is 446 g/mol. The molecule has 0 unspecified atom stereocenters. The summed E-state index contributed by atoms with van der Waals surface area (Å²) in [5.74, 6) is 2.22. The van der Waals surface area contributed by atoms with Crippen LogP contribution in [0.4, 0.5) is 5.82 Å². The molecular formula is C26H30N4OS. The van der Waals surface area contributed by atoms with Crippen molar-refractivity contribution in [1.29, 1.82) is 0 Å². The number of amides is 1. The van der Waals surface area contributed by atoms with E-state index in [0.717, 1.165) is 46.4 Å². The summed E-state index contributed by atoms with van der Waals surface area (Å²) in [6, 6.07) is 14.3. The van der Waals surface area contributed by atoms with Crippen LogP contribution in [-0.2, 0) is 4.79 Å². The molecular weight excluding hydrogens is 416 g/mol. The summed E-state index contributed by atoms with van der Waals surface area (Å²) in [5, 5.41) is 2.02. The molecule has 166 valence electrons. The lowest BCUT2D eigenvalue weighted by Crippen LogP contribution is -2.49. The molecule has 6 heteroatoms. The van der Waals surface area contributed by atoms with Gasteiger partial charge in [0.2, 0.25) is 0 Å². The standard InChI is InChI=1S/C26H30N4OS/c1-18(2)25-27-20(4)16-24(28-25)29-10-12-30(13-11-29)26(31)22(23-9-6-14-32-23)17-21-8-5-7-19(3)15-21/h5-9,14-18H,10-13H2,1-4H3/b22-17+. The van der Waals surface area contributed by atoms with Crippen molar-refractivity contribution in [3.63, 3.8) is 0 Å². The Labute approximate surface area is 194 Å². The average molecular weight is 447 g/mol. The molecule has 2 aromatic heterocycles. The predicted octanol–water partition coefficient (Wildman–Crippen LogP) is 5.17. The Morgan fingerprint density at radius 3 is 2.47 bits per heavy atom. The van der Waals surface area contributed by atoms with Crippen LogP contribution in [0, 0.1) is 13.8 Å². The zero-order chi connectivity index (χ0) is 22.7. The summed E-state index contributed by atoms with van der Waals surface area (Å²) >= 11 is 1.61. The number of carbonyl (C=O) groups is 1. The number of nitrogens with zero attached hydrogens (tertiary/aromatic N) is 4. The summed E-state index contributed by atoms with van der Waals surface area (Å²) in [4.78, 5) is 28.1. The maximum atomic E-state index is 13.5. The number of thiophene rings is 1. The van der Waals surface area contributed by atoms with E-state index in [4.69, 9.17) is 4.98 Å². The van der Waals surface area contributed by atoms with E-state index in [1.807, 2.05) is 47.5 Å². The molecule has 3 aromatic rings. The van der Waals surface area contributed by atoms with Gasteiger partial charge in [0.25, 0.3) is 5.91 Å². The molecule has 0 atom stereocenters. The van der Waals surface area contributed by atoms with Crippen molar-refractivity contribution in [2.75, 3.05) is 31.1 Å². The molecule has 1 amide bonds. The molecule has 1 aliphatic heterocycles. The van der Waals surface area contributed by atoms with Crippen LogP contribution >= 0.6 is 11.3 Å². The third-order valence-electron chi connectivity index (χ3n) is 5.64. The highest BCUT2D eigenvalue weighted by atomic mass is 32.1. The van der Waals surface area contributed by atoms with Crippen molar-refractivity contribution in [2.24, 2.45) is 0 Å². The van der Waals surface area contributed by atoms with E-state index >= 15 is 0 Å². The number of aryl methyl sites for hydroxylation is 2. The third kappa shape index (κ3) is 5.07. The van der Waals surface area contributed by atoms with Crippen LogP contribution in [0.2, 0.25) is 0 Å². The topological polar surface area (TPSA) is 49.3 Å². The van der Waals surface area contributed by atoms with Crippen molar-refractivity contribution in [3.8, 4) is 0 Å². The first-order valence-corrected chi connectivity index (χ1v) is 12.0. The van der Waals surface area contributed by atoms with E-state index in [1.165, 1.54) is 5.56 Å². The van der Waals surface area contributed by atoms with Crippen LogP contribution in [0.15, 0.2) is 47.8 Å². The summed E-state index contributed by atoms with van der Waals surface area (Å²) in [6.45, 7) is 11.2. The number of piperazine rings is 1. The Balaban J connectivity index is 1.52. The molecule has 3 heterocycles. The normalized spacial score (nSPS) is 14.8. The first-order valence-electron chi connectivity index (χ1n) is 11.1. The van der Waals surface area contributed by atoms with Gasteiger partial charge in [-0.05, 0) is 36.9 Å². The maximum absolute atomic E-state index is 13.5. The zero-order valence-corrected chi connectivity index (χ0v) is 20.0. The minimum Gasteiger partial charge on any atom is -0.353 e. The van der Waals surface area contributed by atoms with Crippen LogP contribution in [0.1, 0.15) is 47.3 Å². The quantitative estimate of drug-likeness (QED) is 0.508. The van der Waals surface area contributed by atoms with Crippen LogP contribution in [-0.4, -0.2) is 47.0 Å². The van der Waals surface area contributed by atoms with Gasteiger partial charge in [-0.1, -0.05) is 49.7 Å². The molecule has 1 saturated heterocycles. The number of carbonyl (C=O) groups excluding carboxylic acids is 1. The Bertz CT molecular complexity index is 1110. The molecule has 0 radical (unpaired) electrons. The van der Waals surface area contributed by atoms with Gasteiger partial charge in [-0.25, -0.2) is 9.97 Å². The van der Waals surface area contributed by atoms with Gasteiger partial charge in [0.05, 0.1) is 5.57 Å². The summed E-state index contributed by atoms with van der Waals surface area (Å²) in [6.07, 6.45) is 2.02. The SMILES string of the molecule is Cc1cccc(/C=C(/C(=O)N2CCN(c3cc(C)nc(C(C)C)n3)CC2)c2cccs2)c1. The maximum Gasteiger partial charge on any atom is 0.255 e. The van der Waals surface area contributed by atoms with Crippen molar-refractivity contribution >= 4 is 34.7 Å². The first-order chi connectivity index (χ1) is 15.4. The van der Waals surface area contributed by atoms with Gasteiger partial charge in [-0.2, -0.15) is 0 Å². The number of hydrogen-bond acceptors (Lipinski definition) is 5. The second kappa shape index (κ2) is 9.65. The Morgan fingerprint density at radius 2 is 1.81 bits per heavy atom. The Kier molecular flexibility index (Phi) is 6.70. The minimum absolute atomic E-state index is 0.0929. The minimum atomic E-state index is 0.0929. The van der Waals surface area contributed by atoms with Gasteiger partial charge >= 0.3 is 0 Å². The molecule has 0 aliphatic carbocycles. The summed E-state index contributed by atoms with van der Waals surface area (Å²) in [5.41, 5.74) is 3.99. The van der Waals surface area contributed by atoms with Crippen molar-refractivity contribution in [3.05, 3.63) is 75.4 Å². The Hall–Kier alpha value is -2.99. The van der Waals surface area contributed by atoms with E-state index in [0.29, 0.717) is 13.1 Å². The van der Waals surface area contributed by atoms with E-state index in [-0.39, 0.29) is 11.8 Å². The van der Waals surface area contributed by atoms with Gasteiger partial charge in [0.1, 0.15) is 11.6 Å². The largest absolute Gasteiger partial charge is 0.353 e. The lowest BCUT2D eigenvalue weighted by atomic mass is 10.1. The second-order valence-corrected chi connectivity index (χ2v) is 9.56. The van der Waals surface area contributed by atoms with Gasteiger partial charge in [0, 0.05) is 48.7 Å². The predicted molar refractivity (Wildman–Crippen MR) is 133 cm³/mol. The van der Waals surface area contributed by atoms with Gasteiger partial charge in [-0.3, -0.25) is 4.79 Å².